The Labute approximate surface area is 150 Å². The predicted octanol–water partition coefficient (Wildman–Crippen LogP) is 5.43. The molecular formula is C21H20BrNO. The number of nitrogens with zero attached hydrogens (tertiary/aromatic N) is 1. The maximum atomic E-state index is 9.67. The molecule has 1 aliphatic heterocycles. The van der Waals surface area contributed by atoms with Gasteiger partial charge in [0.1, 0.15) is 5.75 Å². The van der Waals surface area contributed by atoms with Crippen LogP contribution in [0.4, 0.5) is 0 Å². The largest absolute Gasteiger partial charge is 0.508 e. The highest BCUT2D eigenvalue weighted by molar-refractivity contribution is 9.10. The lowest BCUT2D eigenvalue weighted by atomic mass is 9.94. The minimum absolute atomic E-state index is 0.352. The van der Waals surface area contributed by atoms with Crippen molar-refractivity contribution in [1.29, 1.82) is 0 Å². The molecule has 0 saturated carbocycles. The molecule has 1 N–H and O–H groups in total. The van der Waals surface area contributed by atoms with Gasteiger partial charge in [-0.3, -0.25) is 4.90 Å². The van der Waals surface area contributed by atoms with Gasteiger partial charge < -0.3 is 5.11 Å². The molecule has 0 aromatic heterocycles. The van der Waals surface area contributed by atoms with E-state index < -0.39 is 0 Å². The summed E-state index contributed by atoms with van der Waals surface area (Å²) in [6.45, 7) is 4.24. The zero-order valence-corrected chi connectivity index (χ0v) is 15.3. The number of hydrogen-bond acceptors (Lipinski definition) is 2. The molecule has 3 aromatic rings. The first kappa shape index (κ1) is 15.7. The number of phenols is 1. The van der Waals surface area contributed by atoms with Crippen LogP contribution in [0, 0.1) is 0 Å². The van der Waals surface area contributed by atoms with Gasteiger partial charge in [0.05, 0.1) is 0 Å². The summed E-state index contributed by atoms with van der Waals surface area (Å²) in [5.74, 6) is 0.370. The fourth-order valence-corrected chi connectivity index (χ4v) is 4.22. The molecule has 2 nitrogen and oxygen atoms in total. The van der Waals surface area contributed by atoms with Crippen LogP contribution >= 0.6 is 15.9 Å². The number of hydrogen-bond donors (Lipinski definition) is 1. The lowest BCUT2D eigenvalue weighted by Gasteiger charge is -2.34. The average molecular weight is 382 g/mol. The van der Waals surface area contributed by atoms with Crippen molar-refractivity contribution in [1.82, 2.24) is 4.90 Å². The van der Waals surface area contributed by atoms with Gasteiger partial charge in [0.25, 0.3) is 0 Å². The molecular weight excluding hydrogens is 362 g/mol. The Hall–Kier alpha value is -1.84. The SMILES string of the molecule is CC(c1ccc(Br)c2ccccc12)N1CCc2cc(O)ccc2C1. The minimum Gasteiger partial charge on any atom is -0.508 e. The highest BCUT2D eigenvalue weighted by Gasteiger charge is 2.23. The van der Waals surface area contributed by atoms with E-state index in [1.54, 1.807) is 6.07 Å². The smallest absolute Gasteiger partial charge is 0.115 e. The summed E-state index contributed by atoms with van der Waals surface area (Å²) >= 11 is 3.67. The number of benzene rings is 3. The first-order chi connectivity index (χ1) is 11.6. The lowest BCUT2D eigenvalue weighted by molar-refractivity contribution is 0.193. The highest BCUT2D eigenvalue weighted by Crippen LogP contribution is 2.35. The third-order valence-corrected chi connectivity index (χ3v) is 5.83. The molecule has 3 heteroatoms. The van der Waals surface area contributed by atoms with Crippen molar-refractivity contribution < 1.29 is 5.11 Å². The molecule has 1 heterocycles. The molecule has 0 radical (unpaired) electrons. The Morgan fingerprint density at radius 3 is 2.62 bits per heavy atom. The summed E-state index contributed by atoms with van der Waals surface area (Å²) in [4.78, 5) is 2.52. The van der Waals surface area contributed by atoms with Crippen LogP contribution in [-0.2, 0) is 13.0 Å². The summed E-state index contributed by atoms with van der Waals surface area (Å²) < 4.78 is 1.15. The molecule has 4 rings (SSSR count). The van der Waals surface area contributed by atoms with Crippen molar-refractivity contribution >= 4 is 26.7 Å². The van der Waals surface area contributed by atoms with Gasteiger partial charge in [0, 0.05) is 23.6 Å². The van der Waals surface area contributed by atoms with Crippen LogP contribution in [-0.4, -0.2) is 16.6 Å². The van der Waals surface area contributed by atoms with Gasteiger partial charge in [-0.25, -0.2) is 0 Å². The van der Waals surface area contributed by atoms with Crippen molar-refractivity contribution in [2.75, 3.05) is 6.54 Å². The molecule has 0 fully saturated rings. The number of rotatable bonds is 2. The van der Waals surface area contributed by atoms with Gasteiger partial charge in [-0.05, 0) is 59.0 Å². The van der Waals surface area contributed by atoms with Crippen LogP contribution in [0.25, 0.3) is 10.8 Å². The van der Waals surface area contributed by atoms with Crippen LogP contribution < -0.4 is 0 Å². The zero-order chi connectivity index (χ0) is 16.7. The second-order valence-corrected chi connectivity index (χ2v) is 7.39. The van der Waals surface area contributed by atoms with Crippen molar-refractivity contribution in [3.63, 3.8) is 0 Å². The molecule has 0 bridgehead atoms. The minimum atomic E-state index is 0.352. The van der Waals surface area contributed by atoms with E-state index in [1.165, 1.54) is 27.5 Å². The molecule has 1 aliphatic rings. The van der Waals surface area contributed by atoms with Crippen LogP contribution in [0.1, 0.15) is 29.7 Å². The summed E-state index contributed by atoms with van der Waals surface area (Å²) in [5, 5.41) is 12.3. The Morgan fingerprint density at radius 2 is 1.79 bits per heavy atom. The number of phenolic OH excluding ortho intramolecular Hbond substituents is 1. The molecule has 0 aliphatic carbocycles. The van der Waals surface area contributed by atoms with Gasteiger partial charge in [0.2, 0.25) is 0 Å². The van der Waals surface area contributed by atoms with Crippen molar-refractivity contribution in [3.05, 3.63) is 75.8 Å². The third-order valence-electron chi connectivity index (χ3n) is 5.13. The molecule has 1 atom stereocenters. The van der Waals surface area contributed by atoms with E-state index in [4.69, 9.17) is 0 Å². The van der Waals surface area contributed by atoms with E-state index in [9.17, 15) is 5.11 Å². The third kappa shape index (κ3) is 2.72. The molecule has 1 unspecified atom stereocenters. The molecule has 0 spiro atoms. The number of fused-ring (bicyclic) bond motifs is 2. The topological polar surface area (TPSA) is 23.5 Å². The van der Waals surface area contributed by atoms with Gasteiger partial charge in [-0.15, -0.1) is 0 Å². The van der Waals surface area contributed by atoms with Gasteiger partial charge in [-0.2, -0.15) is 0 Å². The molecule has 24 heavy (non-hydrogen) atoms. The van der Waals surface area contributed by atoms with Crippen molar-refractivity contribution in [2.45, 2.75) is 25.9 Å². The summed E-state index contributed by atoms with van der Waals surface area (Å²) in [6, 6.07) is 19.1. The molecule has 3 aromatic carbocycles. The van der Waals surface area contributed by atoms with Crippen molar-refractivity contribution in [2.24, 2.45) is 0 Å². The van der Waals surface area contributed by atoms with Crippen molar-refractivity contribution in [3.8, 4) is 5.75 Å². The Balaban J connectivity index is 1.69. The first-order valence-corrected chi connectivity index (χ1v) is 9.15. The van der Waals surface area contributed by atoms with Crippen LogP contribution in [0.5, 0.6) is 5.75 Å². The van der Waals surface area contributed by atoms with E-state index >= 15 is 0 Å². The summed E-state index contributed by atoms with van der Waals surface area (Å²) in [6.07, 6.45) is 0.989. The van der Waals surface area contributed by atoms with E-state index in [2.05, 4.69) is 70.2 Å². The Morgan fingerprint density at radius 1 is 1.00 bits per heavy atom. The first-order valence-electron chi connectivity index (χ1n) is 8.35. The monoisotopic (exact) mass is 381 g/mol. The van der Waals surface area contributed by atoms with E-state index in [0.717, 1.165) is 24.0 Å². The zero-order valence-electron chi connectivity index (χ0n) is 13.7. The van der Waals surface area contributed by atoms with E-state index in [-0.39, 0.29) is 0 Å². The standard InChI is InChI=1S/C21H20BrNO/c1-14(18-8-9-21(22)20-5-3-2-4-19(18)20)23-11-10-15-12-17(24)7-6-16(15)13-23/h2-9,12,14,24H,10-11,13H2,1H3. The van der Waals surface area contributed by atoms with E-state index in [1.807, 2.05) is 6.07 Å². The molecule has 122 valence electrons. The Bertz CT molecular complexity index is 905. The Kier molecular flexibility index (Phi) is 4.07. The maximum absolute atomic E-state index is 9.67. The molecule has 0 amide bonds. The van der Waals surface area contributed by atoms with Gasteiger partial charge >= 0.3 is 0 Å². The molecule has 0 saturated heterocycles. The average Bonchev–Trinajstić information content (AvgIpc) is 2.61. The quantitative estimate of drug-likeness (QED) is 0.639. The van der Waals surface area contributed by atoms with E-state index in [0.29, 0.717) is 11.8 Å². The highest BCUT2D eigenvalue weighted by atomic mass is 79.9. The second-order valence-electron chi connectivity index (χ2n) is 6.53. The van der Waals surface area contributed by atoms with Gasteiger partial charge in [0.15, 0.2) is 0 Å². The number of aromatic hydroxyl groups is 1. The fourth-order valence-electron chi connectivity index (χ4n) is 3.74. The fraction of sp³-hybridized carbons (Fsp3) is 0.238. The summed E-state index contributed by atoms with van der Waals surface area (Å²) in [7, 11) is 0. The second kappa shape index (κ2) is 6.23. The number of halogens is 1. The summed E-state index contributed by atoms with van der Waals surface area (Å²) in [5.41, 5.74) is 3.97. The maximum Gasteiger partial charge on any atom is 0.115 e. The van der Waals surface area contributed by atoms with Crippen LogP contribution in [0.3, 0.4) is 0 Å². The van der Waals surface area contributed by atoms with Crippen LogP contribution in [0.15, 0.2) is 59.1 Å². The van der Waals surface area contributed by atoms with Crippen LogP contribution in [0.2, 0.25) is 0 Å². The normalized spacial score (nSPS) is 16.1. The predicted molar refractivity (Wildman–Crippen MR) is 102 cm³/mol. The van der Waals surface area contributed by atoms with Gasteiger partial charge in [-0.1, -0.05) is 52.3 Å². The lowest BCUT2D eigenvalue weighted by Crippen LogP contribution is -2.32.